The number of thiazole rings is 1. The van der Waals surface area contributed by atoms with Crippen molar-refractivity contribution in [2.45, 2.75) is 12.8 Å². The maximum Gasteiger partial charge on any atom is 0.307 e. The van der Waals surface area contributed by atoms with Crippen molar-refractivity contribution in [3.05, 3.63) is 53.1 Å². The zero-order valence-corrected chi connectivity index (χ0v) is 18.2. The van der Waals surface area contributed by atoms with Crippen LogP contribution in [0.1, 0.15) is 12.0 Å². The highest BCUT2D eigenvalue weighted by molar-refractivity contribution is 7.22. The normalized spacial score (nSPS) is 15.3. The van der Waals surface area contributed by atoms with Gasteiger partial charge in [0.2, 0.25) is 0 Å². The molecule has 1 aliphatic heterocycles. The van der Waals surface area contributed by atoms with Gasteiger partial charge in [0.15, 0.2) is 5.13 Å². The van der Waals surface area contributed by atoms with E-state index >= 15 is 0 Å². The van der Waals surface area contributed by atoms with E-state index in [1.54, 1.807) is 23.5 Å². The first-order valence-electron chi connectivity index (χ1n) is 10.0. The highest BCUT2D eigenvalue weighted by atomic mass is 35.5. The molecule has 1 fully saturated rings. The predicted molar refractivity (Wildman–Crippen MR) is 121 cm³/mol. The number of aliphatic carboxylic acids is 1. The molecule has 8 heteroatoms. The van der Waals surface area contributed by atoms with Gasteiger partial charge in [-0.05, 0) is 42.3 Å². The number of halogens is 1. The van der Waals surface area contributed by atoms with E-state index in [0.29, 0.717) is 6.61 Å². The van der Waals surface area contributed by atoms with E-state index in [2.05, 4.69) is 9.80 Å². The molecule has 0 bridgehead atoms. The quantitative estimate of drug-likeness (QED) is 0.588. The maximum absolute atomic E-state index is 10.9. The van der Waals surface area contributed by atoms with Crippen LogP contribution in [0.5, 0.6) is 5.75 Å². The summed E-state index contributed by atoms with van der Waals surface area (Å²) >= 11 is 7.80. The van der Waals surface area contributed by atoms with Crippen LogP contribution in [0.15, 0.2) is 42.5 Å². The van der Waals surface area contributed by atoms with E-state index in [0.717, 1.165) is 70.8 Å². The van der Waals surface area contributed by atoms with Crippen LogP contribution in [0.4, 0.5) is 5.13 Å². The summed E-state index contributed by atoms with van der Waals surface area (Å²) in [5.41, 5.74) is 1.75. The first kappa shape index (κ1) is 20.9. The second kappa shape index (κ2) is 9.64. The number of benzene rings is 2. The molecule has 0 saturated carbocycles. The van der Waals surface area contributed by atoms with E-state index in [9.17, 15) is 4.79 Å². The van der Waals surface area contributed by atoms with Crippen molar-refractivity contribution in [1.82, 2.24) is 9.88 Å². The summed E-state index contributed by atoms with van der Waals surface area (Å²) in [7, 11) is 0. The number of hydrogen-bond donors (Lipinski definition) is 1. The first-order chi connectivity index (χ1) is 14.6. The number of anilines is 1. The molecule has 30 heavy (non-hydrogen) atoms. The molecule has 6 nitrogen and oxygen atoms in total. The van der Waals surface area contributed by atoms with Crippen LogP contribution >= 0.6 is 22.9 Å². The third-order valence-electron chi connectivity index (χ3n) is 5.13. The monoisotopic (exact) mass is 445 g/mol. The molecule has 1 aliphatic rings. The van der Waals surface area contributed by atoms with E-state index in [4.69, 9.17) is 26.4 Å². The summed E-state index contributed by atoms with van der Waals surface area (Å²) in [6.45, 7) is 5.32. The third kappa shape index (κ3) is 5.41. The van der Waals surface area contributed by atoms with Crippen molar-refractivity contribution >= 4 is 44.3 Å². The molecular weight excluding hydrogens is 422 g/mol. The Morgan fingerprint density at radius 2 is 2.07 bits per heavy atom. The fourth-order valence-electron chi connectivity index (χ4n) is 3.62. The van der Waals surface area contributed by atoms with Crippen LogP contribution < -0.4 is 9.64 Å². The molecule has 2 aromatic carbocycles. The fourth-order valence-corrected chi connectivity index (χ4v) is 4.91. The summed E-state index contributed by atoms with van der Waals surface area (Å²) in [5.74, 6) is -0.115. The number of aromatic nitrogens is 1. The number of rotatable bonds is 7. The van der Waals surface area contributed by atoms with Gasteiger partial charge in [-0.3, -0.25) is 9.69 Å². The van der Waals surface area contributed by atoms with Crippen LogP contribution in [0.25, 0.3) is 10.2 Å². The van der Waals surface area contributed by atoms with Crippen molar-refractivity contribution < 1.29 is 14.6 Å². The van der Waals surface area contributed by atoms with E-state index in [-0.39, 0.29) is 6.42 Å². The molecule has 0 aliphatic carbocycles. The van der Waals surface area contributed by atoms with Crippen LogP contribution in [0.2, 0.25) is 5.02 Å². The number of carboxylic acid groups (broad SMARTS) is 1. The predicted octanol–water partition coefficient (Wildman–Crippen LogP) is 4.17. The summed E-state index contributed by atoms with van der Waals surface area (Å²) in [5, 5.41) is 10.7. The fraction of sp³-hybridized carbons (Fsp3) is 0.364. The Balaban J connectivity index is 1.28. The Morgan fingerprint density at radius 1 is 1.17 bits per heavy atom. The van der Waals surface area contributed by atoms with E-state index in [1.807, 2.05) is 30.3 Å². The lowest BCUT2D eigenvalue weighted by Crippen LogP contribution is -2.33. The van der Waals surface area contributed by atoms with Crippen molar-refractivity contribution in [3.8, 4) is 5.75 Å². The average Bonchev–Trinajstić information content (AvgIpc) is 2.98. The number of ether oxygens (including phenoxy) is 1. The Kier molecular flexibility index (Phi) is 6.72. The Labute approximate surface area is 184 Å². The van der Waals surface area contributed by atoms with Crippen molar-refractivity contribution in [3.63, 3.8) is 0 Å². The minimum atomic E-state index is -0.836. The van der Waals surface area contributed by atoms with Gasteiger partial charge in [-0.1, -0.05) is 35.1 Å². The van der Waals surface area contributed by atoms with Gasteiger partial charge in [0.05, 0.1) is 16.6 Å². The minimum Gasteiger partial charge on any atom is -0.492 e. The van der Waals surface area contributed by atoms with Crippen LogP contribution in [-0.4, -0.2) is 60.3 Å². The zero-order chi connectivity index (χ0) is 20.9. The van der Waals surface area contributed by atoms with E-state index < -0.39 is 5.97 Å². The third-order valence-corrected chi connectivity index (χ3v) is 6.44. The van der Waals surface area contributed by atoms with Gasteiger partial charge in [0, 0.05) is 37.7 Å². The molecule has 0 amide bonds. The summed E-state index contributed by atoms with van der Waals surface area (Å²) in [6.07, 6.45) is 1.09. The van der Waals surface area contributed by atoms with Gasteiger partial charge in [-0.25, -0.2) is 4.98 Å². The Hall–Kier alpha value is -2.35. The molecule has 0 spiro atoms. The van der Waals surface area contributed by atoms with Crippen LogP contribution in [0.3, 0.4) is 0 Å². The number of carbonyl (C=O) groups is 1. The van der Waals surface area contributed by atoms with Gasteiger partial charge < -0.3 is 14.7 Å². The molecular formula is C22H24ClN3O3S. The molecule has 0 atom stereocenters. The van der Waals surface area contributed by atoms with Crippen LogP contribution in [0, 0.1) is 0 Å². The highest BCUT2D eigenvalue weighted by Crippen LogP contribution is 2.31. The number of carboxylic acids is 1. The van der Waals surface area contributed by atoms with Gasteiger partial charge in [-0.2, -0.15) is 0 Å². The summed E-state index contributed by atoms with van der Waals surface area (Å²) in [4.78, 5) is 20.4. The lowest BCUT2D eigenvalue weighted by molar-refractivity contribution is -0.136. The molecule has 158 valence electrons. The van der Waals surface area contributed by atoms with Crippen molar-refractivity contribution in [2.24, 2.45) is 0 Å². The molecule has 1 saturated heterocycles. The van der Waals surface area contributed by atoms with Crippen molar-refractivity contribution in [1.29, 1.82) is 0 Å². The molecule has 3 aromatic rings. The molecule has 1 N–H and O–H groups in total. The van der Waals surface area contributed by atoms with Gasteiger partial charge in [-0.15, -0.1) is 0 Å². The second-order valence-electron chi connectivity index (χ2n) is 7.36. The second-order valence-corrected chi connectivity index (χ2v) is 8.80. The first-order valence-corrected chi connectivity index (χ1v) is 11.2. The lowest BCUT2D eigenvalue weighted by atomic mass is 10.1. The molecule has 2 heterocycles. The summed E-state index contributed by atoms with van der Waals surface area (Å²) in [6, 6.07) is 13.2. The summed E-state index contributed by atoms with van der Waals surface area (Å²) < 4.78 is 6.99. The SMILES string of the molecule is O=C(O)Cc1cccc(OCCN2CCCN(c3nc4ccc(Cl)cc4s3)CC2)c1. The van der Waals surface area contributed by atoms with Crippen LogP contribution in [-0.2, 0) is 11.2 Å². The largest absolute Gasteiger partial charge is 0.492 e. The zero-order valence-electron chi connectivity index (χ0n) is 16.6. The smallest absolute Gasteiger partial charge is 0.307 e. The van der Waals surface area contributed by atoms with Gasteiger partial charge >= 0.3 is 5.97 Å². The lowest BCUT2D eigenvalue weighted by Gasteiger charge is -2.21. The Morgan fingerprint density at radius 3 is 2.93 bits per heavy atom. The average molecular weight is 446 g/mol. The molecule has 4 rings (SSSR count). The van der Waals surface area contributed by atoms with Gasteiger partial charge in [0.25, 0.3) is 0 Å². The van der Waals surface area contributed by atoms with Gasteiger partial charge in [0.1, 0.15) is 12.4 Å². The Bertz CT molecular complexity index is 1030. The highest BCUT2D eigenvalue weighted by Gasteiger charge is 2.18. The molecule has 0 unspecified atom stereocenters. The van der Waals surface area contributed by atoms with E-state index in [1.165, 1.54) is 0 Å². The van der Waals surface area contributed by atoms with Crippen molar-refractivity contribution in [2.75, 3.05) is 44.2 Å². The molecule has 1 aromatic heterocycles. The number of fused-ring (bicyclic) bond motifs is 1. The minimum absolute atomic E-state index is 0.0110. The number of nitrogens with zero attached hydrogens (tertiary/aromatic N) is 3. The topological polar surface area (TPSA) is 65.9 Å². The standard InChI is InChI=1S/C22H24ClN3O3S/c23-17-5-6-19-20(15-17)30-22(24-19)26-8-2-7-25(9-10-26)11-12-29-18-4-1-3-16(13-18)14-21(27)28/h1,3-6,13,15H,2,7-12,14H2,(H,27,28). The maximum atomic E-state index is 10.9. The number of hydrogen-bond acceptors (Lipinski definition) is 6. The molecule has 0 radical (unpaired) electrons.